The van der Waals surface area contributed by atoms with E-state index in [2.05, 4.69) is 77.4 Å². The normalized spacial score (nSPS) is 11.7. The summed E-state index contributed by atoms with van der Waals surface area (Å²) in [5, 5.41) is 3.31. The van der Waals surface area contributed by atoms with Crippen LogP contribution in [0.5, 0.6) is 0 Å². The smallest absolute Gasteiger partial charge is 0.180 e. The van der Waals surface area contributed by atoms with Crippen molar-refractivity contribution in [2.75, 3.05) is 0 Å². The second kappa shape index (κ2) is 8.15. The van der Waals surface area contributed by atoms with Crippen LogP contribution in [0.2, 0.25) is 0 Å². The summed E-state index contributed by atoms with van der Waals surface area (Å²) >= 11 is 0. The lowest BCUT2D eigenvalue weighted by atomic mass is 10.1. The quantitative estimate of drug-likeness (QED) is 0.250. The zero-order valence-electron chi connectivity index (χ0n) is 20.4. The van der Waals surface area contributed by atoms with Gasteiger partial charge in [0.15, 0.2) is 17.0 Å². The Kier molecular flexibility index (Phi) is 4.49. The van der Waals surface area contributed by atoms with Gasteiger partial charge in [-0.3, -0.25) is 0 Å². The standard InChI is InChI=1S/C34H21N3O/c1-4-12-22(13-5-1)29-33-30(36-34(35-29)23-14-6-2-7-15-23)27-21-20-26-25-18-10-11-19-28(25)37(31(26)32(27)38-33)24-16-8-3-9-17-24/h1-21H. The van der Waals surface area contributed by atoms with Crippen LogP contribution in [0.25, 0.3) is 72.2 Å². The van der Waals surface area contributed by atoms with Gasteiger partial charge in [0.2, 0.25) is 0 Å². The summed E-state index contributed by atoms with van der Waals surface area (Å²) in [6, 6.07) is 43.6. The zero-order chi connectivity index (χ0) is 25.1. The number of fused-ring (bicyclic) bond motifs is 7. The van der Waals surface area contributed by atoms with Gasteiger partial charge in [0, 0.05) is 33.0 Å². The molecule has 178 valence electrons. The van der Waals surface area contributed by atoms with Crippen molar-refractivity contribution in [3.63, 3.8) is 0 Å². The number of nitrogens with zero attached hydrogens (tertiary/aromatic N) is 3. The van der Waals surface area contributed by atoms with Crippen molar-refractivity contribution < 1.29 is 4.42 Å². The summed E-state index contributed by atoms with van der Waals surface area (Å²) in [6.45, 7) is 0. The van der Waals surface area contributed by atoms with Crippen molar-refractivity contribution in [1.82, 2.24) is 14.5 Å². The van der Waals surface area contributed by atoms with Crippen LogP contribution in [-0.2, 0) is 0 Å². The molecule has 0 radical (unpaired) electrons. The highest BCUT2D eigenvalue weighted by atomic mass is 16.3. The van der Waals surface area contributed by atoms with Crippen molar-refractivity contribution in [2.24, 2.45) is 0 Å². The Morgan fingerprint density at radius 1 is 0.500 bits per heavy atom. The molecule has 0 saturated heterocycles. The topological polar surface area (TPSA) is 43.9 Å². The molecule has 3 heterocycles. The minimum atomic E-state index is 0.684. The third-order valence-corrected chi connectivity index (χ3v) is 7.21. The molecule has 0 N–H and O–H groups in total. The Bertz CT molecular complexity index is 2110. The summed E-state index contributed by atoms with van der Waals surface area (Å²) in [5.41, 5.74) is 8.36. The maximum atomic E-state index is 6.79. The van der Waals surface area contributed by atoms with Gasteiger partial charge in [-0.15, -0.1) is 0 Å². The van der Waals surface area contributed by atoms with Gasteiger partial charge in [-0.2, -0.15) is 0 Å². The van der Waals surface area contributed by atoms with E-state index in [-0.39, 0.29) is 0 Å². The Morgan fingerprint density at radius 2 is 1.13 bits per heavy atom. The summed E-state index contributed by atoms with van der Waals surface area (Å²) in [5.74, 6) is 0.684. The minimum Gasteiger partial charge on any atom is -0.450 e. The molecule has 8 aromatic rings. The predicted octanol–water partition coefficient (Wildman–Crippen LogP) is 8.81. The van der Waals surface area contributed by atoms with Crippen LogP contribution in [0.4, 0.5) is 0 Å². The molecule has 8 rings (SSSR count). The first kappa shape index (κ1) is 20.9. The van der Waals surface area contributed by atoms with Gasteiger partial charge in [-0.05, 0) is 24.3 Å². The Balaban J connectivity index is 1.55. The molecular weight excluding hydrogens is 466 g/mol. The SMILES string of the molecule is c1ccc(-c2nc(-c3ccccc3)c3oc4c(ccc5c6ccccc6n(-c6ccccc6)c54)c3n2)cc1. The molecule has 4 heteroatoms. The van der Waals surface area contributed by atoms with Crippen molar-refractivity contribution in [2.45, 2.75) is 0 Å². The van der Waals surface area contributed by atoms with Gasteiger partial charge in [0.1, 0.15) is 11.2 Å². The molecule has 0 saturated carbocycles. The number of aromatic nitrogens is 3. The average molecular weight is 488 g/mol. The van der Waals surface area contributed by atoms with Gasteiger partial charge in [-0.25, -0.2) is 9.97 Å². The molecule has 0 unspecified atom stereocenters. The number of furan rings is 1. The monoisotopic (exact) mass is 487 g/mol. The maximum Gasteiger partial charge on any atom is 0.180 e. The molecule has 0 fully saturated rings. The minimum absolute atomic E-state index is 0.684. The van der Waals surface area contributed by atoms with Crippen LogP contribution in [0.15, 0.2) is 132 Å². The molecule has 5 aromatic carbocycles. The van der Waals surface area contributed by atoms with Gasteiger partial charge in [-0.1, -0.05) is 103 Å². The molecule has 0 aliphatic rings. The van der Waals surface area contributed by atoms with E-state index in [4.69, 9.17) is 14.4 Å². The molecule has 0 bridgehead atoms. The lowest BCUT2D eigenvalue weighted by molar-refractivity contribution is 0.669. The lowest BCUT2D eigenvalue weighted by Crippen LogP contribution is -1.93. The molecule has 4 nitrogen and oxygen atoms in total. The predicted molar refractivity (Wildman–Crippen MR) is 155 cm³/mol. The number of rotatable bonds is 3. The van der Waals surface area contributed by atoms with Crippen molar-refractivity contribution in [3.05, 3.63) is 127 Å². The van der Waals surface area contributed by atoms with Gasteiger partial charge < -0.3 is 8.98 Å². The first-order chi connectivity index (χ1) is 18.9. The van der Waals surface area contributed by atoms with Crippen LogP contribution < -0.4 is 0 Å². The van der Waals surface area contributed by atoms with Gasteiger partial charge in [0.05, 0.1) is 11.0 Å². The van der Waals surface area contributed by atoms with E-state index in [1.807, 2.05) is 54.6 Å². The van der Waals surface area contributed by atoms with E-state index in [1.54, 1.807) is 0 Å². The zero-order valence-corrected chi connectivity index (χ0v) is 20.4. The Hall–Kier alpha value is -5.22. The van der Waals surface area contributed by atoms with Crippen molar-refractivity contribution in [3.8, 4) is 28.3 Å². The third kappa shape index (κ3) is 3.04. The van der Waals surface area contributed by atoms with Gasteiger partial charge in [0.25, 0.3) is 0 Å². The second-order valence-electron chi connectivity index (χ2n) is 9.43. The first-order valence-electron chi connectivity index (χ1n) is 12.7. The molecular formula is C34H21N3O. The van der Waals surface area contributed by atoms with E-state index in [0.717, 1.165) is 55.4 Å². The summed E-state index contributed by atoms with van der Waals surface area (Å²) in [7, 11) is 0. The third-order valence-electron chi connectivity index (χ3n) is 7.21. The highest BCUT2D eigenvalue weighted by molar-refractivity contribution is 6.21. The van der Waals surface area contributed by atoms with Crippen LogP contribution >= 0.6 is 0 Å². The molecule has 0 spiro atoms. The average Bonchev–Trinajstić information content (AvgIpc) is 3.54. The molecule has 38 heavy (non-hydrogen) atoms. The number of para-hydroxylation sites is 2. The summed E-state index contributed by atoms with van der Waals surface area (Å²) in [4.78, 5) is 10.1. The van der Waals surface area contributed by atoms with E-state index in [0.29, 0.717) is 11.4 Å². The highest BCUT2D eigenvalue weighted by Gasteiger charge is 2.22. The maximum absolute atomic E-state index is 6.79. The van der Waals surface area contributed by atoms with E-state index >= 15 is 0 Å². The van der Waals surface area contributed by atoms with Crippen LogP contribution in [0.3, 0.4) is 0 Å². The lowest BCUT2D eigenvalue weighted by Gasteiger charge is -2.07. The van der Waals surface area contributed by atoms with Crippen LogP contribution in [0, 0.1) is 0 Å². The summed E-state index contributed by atoms with van der Waals surface area (Å²) < 4.78 is 9.08. The van der Waals surface area contributed by atoms with E-state index < -0.39 is 0 Å². The largest absolute Gasteiger partial charge is 0.450 e. The number of hydrogen-bond acceptors (Lipinski definition) is 3. The Morgan fingerprint density at radius 3 is 1.89 bits per heavy atom. The fourth-order valence-corrected chi connectivity index (χ4v) is 5.50. The Labute approximate surface area is 218 Å². The van der Waals surface area contributed by atoms with E-state index in [1.165, 1.54) is 5.39 Å². The van der Waals surface area contributed by atoms with Crippen LogP contribution in [-0.4, -0.2) is 14.5 Å². The molecule has 0 aliphatic carbocycles. The van der Waals surface area contributed by atoms with Crippen LogP contribution in [0.1, 0.15) is 0 Å². The molecule has 0 aliphatic heterocycles. The van der Waals surface area contributed by atoms with E-state index in [9.17, 15) is 0 Å². The number of benzene rings is 5. The summed E-state index contributed by atoms with van der Waals surface area (Å²) in [6.07, 6.45) is 0. The highest BCUT2D eigenvalue weighted by Crippen LogP contribution is 2.42. The number of hydrogen-bond donors (Lipinski definition) is 0. The fourth-order valence-electron chi connectivity index (χ4n) is 5.50. The molecule has 0 amide bonds. The fraction of sp³-hybridized carbons (Fsp3) is 0. The van der Waals surface area contributed by atoms with Crippen molar-refractivity contribution >= 4 is 43.9 Å². The first-order valence-corrected chi connectivity index (χ1v) is 12.7. The van der Waals surface area contributed by atoms with Gasteiger partial charge >= 0.3 is 0 Å². The molecule has 0 atom stereocenters. The van der Waals surface area contributed by atoms with Crippen molar-refractivity contribution in [1.29, 1.82) is 0 Å². The molecule has 3 aromatic heterocycles. The second-order valence-corrected chi connectivity index (χ2v) is 9.43.